The number of sulfonamides is 1. The first-order valence-corrected chi connectivity index (χ1v) is 15.7. The third-order valence-electron chi connectivity index (χ3n) is 7.16. The van der Waals surface area contributed by atoms with E-state index in [-0.39, 0.29) is 18.3 Å². The van der Waals surface area contributed by atoms with E-state index in [1.807, 2.05) is 42.2 Å². The molecule has 1 saturated heterocycles. The van der Waals surface area contributed by atoms with Crippen molar-refractivity contribution < 1.29 is 13.2 Å². The van der Waals surface area contributed by atoms with Gasteiger partial charge in [0.25, 0.3) is 0 Å². The van der Waals surface area contributed by atoms with Crippen LogP contribution >= 0.6 is 0 Å². The van der Waals surface area contributed by atoms with Gasteiger partial charge in [0.05, 0.1) is 18.3 Å². The molecule has 1 aliphatic rings. The number of nitrogens with zero attached hydrogens (tertiary/aromatic N) is 5. The first-order valence-electron chi connectivity index (χ1n) is 14.1. The summed E-state index contributed by atoms with van der Waals surface area (Å²) in [6, 6.07) is 9.46. The number of hydrogen-bond acceptors (Lipinski definition) is 6. The summed E-state index contributed by atoms with van der Waals surface area (Å²) in [5.74, 6) is 1.02. The quantitative estimate of drug-likeness (QED) is 0.352. The Bertz CT molecular complexity index is 1070. The van der Waals surface area contributed by atoms with Crippen LogP contribution < -0.4 is 4.72 Å². The van der Waals surface area contributed by atoms with Gasteiger partial charge in [-0.15, -0.1) is 0 Å². The second-order valence-corrected chi connectivity index (χ2v) is 11.7. The summed E-state index contributed by atoms with van der Waals surface area (Å²) >= 11 is 0. The van der Waals surface area contributed by atoms with E-state index in [1.165, 1.54) is 0 Å². The number of hydrogen-bond donors (Lipinski definition) is 2. The number of H-pyrrole nitrogens is 1. The number of carbonyl (C=O) groups excluding carboxylic acids is 1. The van der Waals surface area contributed by atoms with E-state index in [9.17, 15) is 13.2 Å². The number of urea groups is 1. The number of amides is 2. The Morgan fingerprint density at radius 1 is 1.08 bits per heavy atom. The number of aromatic nitrogens is 3. The van der Waals surface area contributed by atoms with Gasteiger partial charge in [0.1, 0.15) is 5.82 Å². The number of aromatic amines is 1. The second-order valence-electron chi connectivity index (χ2n) is 9.88. The molecule has 2 heterocycles. The highest BCUT2D eigenvalue weighted by Gasteiger charge is 2.25. The van der Waals surface area contributed by atoms with Crippen LogP contribution in [0.1, 0.15) is 76.1 Å². The van der Waals surface area contributed by atoms with E-state index in [1.54, 1.807) is 4.90 Å². The van der Waals surface area contributed by atoms with Crippen LogP contribution in [0.15, 0.2) is 30.3 Å². The number of likely N-dealkylation sites (tertiary alicyclic amines) is 1. The third-order valence-corrected chi connectivity index (χ3v) is 8.63. The molecule has 2 N–H and O–H groups in total. The molecule has 1 aliphatic heterocycles. The van der Waals surface area contributed by atoms with Crippen molar-refractivity contribution >= 4 is 16.1 Å². The van der Waals surface area contributed by atoms with E-state index < -0.39 is 16.1 Å². The summed E-state index contributed by atoms with van der Waals surface area (Å²) in [6.45, 7) is 11.1. The van der Waals surface area contributed by atoms with Gasteiger partial charge in [0.2, 0.25) is 10.0 Å². The maximum atomic E-state index is 13.0. The second kappa shape index (κ2) is 15.2. The average Bonchev–Trinajstić information content (AvgIpc) is 3.41. The maximum absolute atomic E-state index is 13.0. The Labute approximate surface area is 228 Å². The van der Waals surface area contributed by atoms with E-state index in [0.717, 1.165) is 57.5 Å². The molecule has 2 aromatic rings. The monoisotopic (exact) mass is 547 g/mol. The largest absolute Gasteiger partial charge is 0.325 e. The number of rotatable bonds is 15. The fraction of sp³-hybridized carbons (Fsp3) is 0.667. The van der Waals surface area contributed by atoms with Crippen molar-refractivity contribution in [2.75, 3.05) is 45.0 Å². The molecule has 0 radical (unpaired) electrons. The molecule has 0 spiro atoms. The van der Waals surface area contributed by atoms with E-state index in [0.29, 0.717) is 37.5 Å². The zero-order valence-corrected chi connectivity index (χ0v) is 24.0. The third kappa shape index (κ3) is 9.36. The predicted molar refractivity (Wildman–Crippen MR) is 150 cm³/mol. The molecule has 11 heteroatoms. The minimum absolute atomic E-state index is 0.00748. The molecule has 1 fully saturated rings. The summed E-state index contributed by atoms with van der Waals surface area (Å²) in [6.07, 6.45) is 5.03. The normalized spacial score (nSPS) is 15.1. The molecule has 0 unspecified atom stereocenters. The molecule has 38 heavy (non-hydrogen) atoms. The van der Waals surface area contributed by atoms with Gasteiger partial charge in [-0.1, -0.05) is 44.2 Å². The van der Waals surface area contributed by atoms with Crippen molar-refractivity contribution in [2.24, 2.45) is 0 Å². The summed E-state index contributed by atoms with van der Waals surface area (Å²) < 4.78 is 28.9. The minimum atomic E-state index is -3.53. The van der Waals surface area contributed by atoms with Crippen LogP contribution in [-0.4, -0.2) is 89.4 Å². The molecule has 0 bridgehead atoms. The summed E-state index contributed by atoms with van der Waals surface area (Å²) in [5, 5.41) is 7.31. The Morgan fingerprint density at radius 3 is 2.45 bits per heavy atom. The van der Waals surface area contributed by atoms with E-state index >= 15 is 0 Å². The average molecular weight is 548 g/mol. The fourth-order valence-corrected chi connectivity index (χ4v) is 6.10. The molecule has 212 valence electrons. The van der Waals surface area contributed by atoms with E-state index in [2.05, 4.69) is 38.7 Å². The Hall–Kier alpha value is -2.50. The summed E-state index contributed by atoms with van der Waals surface area (Å²) in [7, 11) is -3.53. The SMILES string of the molecule is CCN(CC)CCCS(=O)(=O)N[C@H](CCc1ccccc1)c1nc(CN(CC)C(=O)N2CCCCC2)n[nH]1. The number of benzene rings is 1. The lowest BCUT2D eigenvalue weighted by molar-refractivity contribution is 0.142. The van der Waals surface area contributed by atoms with Crippen LogP contribution in [0.25, 0.3) is 0 Å². The van der Waals surface area contributed by atoms with Crippen LogP contribution in [0.2, 0.25) is 0 Å². The molecular weight excluding hydrogens is 502 g/mol. The van der Waals surface area contributed by atoms with Crippen LogP contribution in [-0.2, 0) is 23.0 Å². The zero-order valence-electron chi connectivity index (χ0n) is 23.2. The van der Waals surface area contributed by atoms with Crippen LogP contribution in [0, 0.1) is 0 Å². The van der Waals surface area contributed by atoms with Crippen LogP contribution in [0.5, 0.6) is 0 Å². The number of nitrogens with one attached hydrogen (secondary N) is 2. The lowest BCUT2D eigenvalue weighted by Gasteiger charge is -2.32. The number of aryl methyl sites for hydroxylation is 1. The van der Waals surface area contributed by atoms with Gasteiger partial charge in [-0.05, 0) is 70.6 Å². The van der Waals surface area contributed by atoms with Gasteiger partial charge in [-0.25, -0.2) is 22.9 Å². The smallest absolute Gasteiger partial charge is 0.320 e. The van der Waals surface area contributed by atoms with Crippen LogP contribution in [0.3, 0.4) is 0 Å². The lowest BCUT2D eigenvalue weighted by Crippen LogP contribution is -2.45. The molecule has 0 aliphatic carbocycles. The molecule has 10 nitrogen and oxygen atoms in total. The molecule has 3 rings (SSSR count). The topological polar surface area (TPSA) is 115 Å². The highest BCUT2D eigenvalue weighted by Crippen LogP contribution is 2.19. The van der Waals surface area contributed by atoms with E-state index in [4.69, 9.17) is 0 Å². The summed E-state index contributed by atoms with van der Waals surface area (Å²) in [5.41, 5.74) is 1.13. The first-order chi connectivity index (χ1) is 18.3. The van der Waals surface area contributed by atoms with Crippen molar-refractivity contribution in [1.82, 2.24) is 34.6 Å². The van der Waals surface area contributed by atoms with Gasteiger partial charge in [-0.2, -0.15) is 5.10 Å². The Kier molecular flexibility index (Phi) is 12.0. The maximum Gasteiger partial charge on any atom is 0.320 e. The standard InChI is InChI=1S/C27H45N7O3S/c1-4-32(5-2)18-13-21-38(36,37)31-24(17-16-23-14-9-7-10-15-23)26-28-25(29-30-26)22-33(6-3)27(35)34-19-11-8-12-20-34/h7,9-10,14-15,24,31H,4-6,8,11-13,16-22H2,1-3H3,(H,28,29,30)/t24-/m1/s1. The van der Waals surface area contributed by atoms with Gasteiger partial charge in [-0.3, -0.25) is 5.10 Å². The van der Waals surface area contributed by atoms with Gasteiger partial charge < -0.3 is 14.7 Å². The molecule has 1 aromatic heterocycles. The number of piperidine rings is 1. The van der Waals surface area contributed by atoms with Crippen molar-refractivity contribution in [1.29, 1.82) is 0 Å². The molecule has 0 saturated carbocycles. The highest BCUT2D eigenvalue weighted by atomic mass is 32.2. The van der Waals surface area contributed by atoms with Gasteiger partial charge in [0.15, 0.2) is 5.82 Å². The summed E-state index contributed by atoms with van der Waals surface area (Å²) in [4.78, 5) is 23.5. The van der Waals surface area contributed by atoms with Crippen molar-refractivity contribution in [3.8, 4) is 0 Å². The Balaban J connectivity index is 1.69. The van der Waals surface area contributed by atoms with Gasteiger partial charge in [0, 0.05) is 19.6 Å². The molecule has 2 amide bonds. The highest BCUT2D eigenvalue weighted by molar-refractivity contribution is 7.89. The van der Waals surface area contributed by atoms with Crippen molar-refractivity contribution in [3.63, 3.8) is 0 Å². The molecule has 1 aromatic carbocycles. The predicted octanol–water partition coefficient (Wildman–Crippen LogP) is 3.56. The first kappa shape index (κ1) is 30.0. The minimum Gasteiger partial charge on any atom is -0.325 e. The van der Waals surface area contributed by atoms with Crippen molar-refractivity contribution in [3.05, 3.63) is 47.5 Å². The Morgan fingerprint density at radius 2 is 1.79 bits per heavy atom. The van der Waals surface area contributed by atoms with Gasteiger partial charge >= 0.3 is 6.03 Å². The van der Waals surface area contributed by atoms with Crippen molar-refractivity contribution in [2.45, 2.75) is 71.9 Å². The molecule has 1 atom stereocenters. The zero-order chi connectivity index (χ0) is 27.4. The number of carbonyl (C=O) groups is 1. The fourth-order valence-electron chi connectivity index (χ4n) is 4.81. The lowest BCUT2D eigenvalue weighted by atomic mass is 10.1. The van der Waals surface area contributed by atoms with Crippen LogP contribution in [0.4, 0.5) is 4.79 Å². The molecular formula is C27H45N7O3S.